The lowest BCUT2D eigenvalue weighted by Gasteiger charge is -2.26. The summed E-state index contributed by atoms with van der Waals surface area (Å²) in [5, 5.41) is 10.9. The fourth-order valence-electron chi connectivity index (χ4n) is 4.08. The van der Waals surface area contributed by atoms with Crippen molar-refractivity contribution < 1.29 is 9.32 Å². The first-order valence-electron chi connectivity index (χ1n) is 9.90. The molecule has 0 spiro atoms. The quantitative estimate of drug-likeness (QED) is 0.536. The van der Waals surface area contributed by atoms with E-state index < -0.39 is 0 Å². The van der Waals surface area contributed by atoms with Gasteiger partial charge in [0.15, 0.2) is 0 Å². The van der Waals surface area contributed by atoms with Crippen LogP contribution in [0, 0.1) is 0 Å². The Bertz CT molecular complexity index is 1190. The number of hydrogen-bond donors (Lipinski definition) is 0. The maximum Gasteiger partial charge on any atom is 0.223 e. The molecular weight excluding hydrogens is 364 g/mol. The van der Waals surface area contributed by atoms with Crippen LogP contribution in [-0.2, 0) is 31.2 Å². The summed E-state index contributed by atoms with van der Waals surface area (Å²) in [6.07, 6.45) is 5.66. The van der Waals surface area contributed by atoms with Gasteiger partial charge in [0.1, 0.15) is 11.5 Å². The largest absolute Gasteiger partial charge is 0.360 e. The lowest BCUT2D eigenvalue weighted by molar-refractivity contribution is -0.132. The minimum absolute atomic E-state index is 0.157. The molecule has 1 amide bonds. The summed E-state index contributed by atoms with van der Waals surface area (Å²) in [6, 6.07) is 14.5. The molecular formula is C23H22N4O2. The molecule has 5 rings (SSSR count). The Balaban J connectivity index is 1.39. The lowest BCUT2D eigenvalue weighted by Crippen LogP contribution is -2.35. The first-order valence-corrected chi connectivity index (χ1v) is 9.90. The fraction of sp³-hybridized carbons (Fsp3) is 0.261. The zero-order chi connectivity index (χ0) is 19.8. The van der Waals surface area contributed by atoms with Gasteiger partial charge in [-0.3, -0.25) is 9.48 Å². The highest BCUT2D eigenvalue weighted by Crippen LogP contribution is 2.34. The van der Waals surface area contributed by atoms with E-state index in [-0.39, 0.29) is 5.91 Å². The van der Waals surface area contributed by atoms with Crippen molar-refractivity contribution >= 4 is 16.7 Å². The molecule has 3 heterocycles. The Hall–Kier alpha value is -3.41. The molecule has 0 N–H and O–H groups in total. The van der Waals surface area contributed by atoms with Crippen LogP contribution in [0.15, 0.2) is 59.4 Å². The van der Waals surface area contributed by atoms with E-state index in [1.807, 2.05) is 42.5 Å². The number of hydrogen-bond acceptors (Lipinski definition) is 4. The van der Waals surface area contributed by atoms with Crippen LogP contribution in [0.2, 0.25) is 0 Å². The Labute approximate surface area is 168 Å². The Kier molecular flexibility index (Phi) is 4.39. The number of carbonyl (C=O) groups is 1. The van der Waals surface area contributed by atoms with Crippen molar-refractivity contribution in [1.82, 2.24) is 19.8 Å². The number of nitrogens with zero attached hydrogens (tertiary/aromatic N) is 4. The Morgan fingerprint density at radius 2 is 2.03 bits per heavy atom. The highest BCUT2D eigenvalue weighted by Gasteiger charge is 2.28. The normalized spacial score (nSPS) is 13.6. The van der Waals surface area contributed by atoms with E-state index in [4.69, 9.17) is 4.52 Å². The SMILES string of the molecule is Cn1cc(CCC(=O)N2CCc3onc(-c4cccc5ccccc45)c3C2)cn1. The average Bonchev–Trinajstić information content (AvgIpc) is 3.37. The summed E-state index contributed by atoms with van der Waals surface area (Å²) in [7, 11) is 1.89. The number of aromatic nitrogens is 3. The molecule has 0 saturated heterocycles. The van der Waals surface area contributed by atoms with Gasteiger partial charge in [0.05, 0.1) is 12.7 Å². The maximum atomic E-state index is 12.8. The molecule has 0 aliphatic carbocycles. The van der Waals surface area contributed by atoms with Gasteiger partial charge in [0.2, 0.25) is 5.91 Å². The van der Waals surface area contributed by atoms with Crippen molar-refractivity contribution in [2.45, 2.75) is 25.8 Å². The highest BCUT2D eigenvalue weighted by molar-refractivity contribution is 5.96. The third-order valence-electron chi connectivity index (χ3n) is 5.61. The third-order valence-corrected chi connectivity index (χ3v) is 5.61. The van der Waals surface area contributed by atoms with E-state index in [0.29, 0.717) is 32.4 Å². The standard InChI is InChI=1S/C23H22N4O2/c1-26-14-16(13-24-26)9-10-22(28)27-12-11-21-20(15-27)23(25-29-21)19-8-4-6-17-5-2-3-7-18(17)19/h2-8,13-14H,9-12,15H2,1H3. The highest BCUT2D eigenvalue weighted by atomic mass is 16.5. The molecule has 0 bridgehead atoms. The number of rotatable bonds is 4. The number of amides is 1. The van der Waals surface area contributed by atoms with Crippen LogP contribution in [0.25, 0.3) is 22.0 Å². The van der Waals surface area contributed by atoms with Crippen molar-refractivity contribution in [3.63, 3.8) is 0 Å². The minimum atomic E-state index is 0.157. The number of carbonyl (C=O) groups excluding carboxylic acids is 1. The van der Waals surface area contributed by atoms with E-state index in [2.05, 4.69) is 34.5 Å². The summed E-state index contributed by atoms with van der Waals surface area (Å²) >= 11 is 0. The first-order chi connectivity index (χ1) is 14.2. The molecule has 4 aromatic rings. The van der Waals surface area contributed by atoms with Crippen LogP contribution in [0.3, 0.4) is 0 Å². The van der Waals surface area contributed by atoms with Crippen LogP contribution >= 0.6 is 0 Å². The van der Waals surface area contributed by atoms with Crippen molar-refractivity contribution in [3.05, 3.63) is 71.7 Å². The third kappa shape index (κ3) is 3.31. The van der Waals surface area contributed by atoms with Gasteiger partial charge in [-0.25, -0.2) is 0 Å². The van der Waals surface area contributed by atoms with Gasteiger partial charge in [-0.05, 0) is 22.8 Å². The van der Waals surface area contributed by atoms with E-state index >= 15 is 0 Å². The van der Waals surface area contributed by atoms with Crippen molar-refractivity contribution in [2.24, 2.45) is 7.05 Å². The minimum Gasteiger partial charge on any atom is -0.360 e. The van der Waals surface area contributed by atoms with Crippen LogP contribution in [-0.4, -0.2) is 32.3 Å². The molecule has 146 valence electrons. The summed E-state index contributed by atoms with van der Waals surface area (Å²) in [5.41, 5.74) is 4.02. The van der Waals surface area contributed by atoms with Crippen LogP contribution in [0.1, 0.15) is 23.3 Å². The summed E-state index contributed by atoms with van der Waals surface area (Å²) in [4.78, 5) is 14.7. The Morgan fingerprint density at radius 3 is 2.90 bits per heavy atom. The first kappa shape index (κ1) is 17.7. The average molecular weight is 386 g/mol. The van der Waals surface area contributed by atoms with Crippen molar-refractivity contribution in [3.8, 4) is 11.3 Å². The van der Waals surface area contributed by atoms with Crippen LogP contribution in [0.5, 0.6) is 0 Å². The fourth-order valence-corrected chi connectivity index (χ4v) is 4.08. The zero-order valence-electron chi connectivity index (χ0n) is 16.3. The molecule has 0 unspecified atom stereocenters. The van der Waals surface area contributed by atoms with E-state index in [9.17, 15) is 4.79 Å². The van der Waals surface area contributed by atoms with Gasteiger partial charge < -0.3 is 9.42 Å². The molecule has 1 aliphatic heterocycles. The van der Waals surface area contributed by atoms with Crippen molar-refractivity contribution in [1.29, 1.82) is 0 Å². The van der Waals surface area contributed by atoms with Gasteiger partial charge in [-0.2, -0.15) is 5.10 Å². The second-order valence-corrected chi connectivity index (χ2v) is 7.55. The molecule has 1 aliphatic rings. The zero-order valence-corrected chi connectivity index (χ0v) is 16.3. The molecule has 0 saturated carbocycles. The monoisotopic (exact) mass is 386 g/mol. The van der Waals surface area contributed by atoms with Crippen molar-refractivity contribution in [2.75, 3.05) is 6.54 Å². The topological polar surface area (TPSA) is 64.2 Å². The Morgan fingerprint density at radius 1 is 1.17 bits per heavy atom. The second kappa shape index (κ2) is 7.20. The van der Waals surface area contributed by atoms with E-state index in [0.717, 1.165) is 33.5 Å². The van der Waals surface area contributed by atoms with Gasteiger partial charge in [0, 0.05) is 43.8 Å². The van der Waals surface area contributed by atoms with Gasteiger partial charge in [-0.1, -0.05) is 47.6 Å². The molecule has 6 heteroatoms. The maximum absolute atomic E-state index is 12.8. The predicted octanol–water partition coefficient (Wildman–Crippen LogP) is 3.75. The van der Waals surface area contributed by atoms with Crippen LogP contribution in [0.4, 0.5) is 0 Å². The van der Waals surface area contributed by atoms with E-state index in [1.54, 1.807) is 4.68 Å². The predicted molar refractivity (Wildman–Crippen MR) is 110 cm³/mol. The molecule has 6 nitrogen and oxygen atoms in total. The lowest BCUT2D eigenvalue weighted by atomic mass is 9.97. The van der Waals surface area contributed by atoms with Gasteiger partial charge in [-0.15, -0.1) is 0 Å². The summed E-state index contributed by atoms with van der Waals surface area (Å²) in [5.74, 6) is 1.05. The molecule has 0 fully saturated rings. The summed E-state index contributed by atoms with van der Waals surface area (Å²) in [6.45, 7) is 1.21. The summed E-state index contributed by atoms with van der Waals surface area (Å²) < 4.78 is 7.42. The number of benzene rings is 2. The van der Waals surface area contributed by atoms with Crippen LogP contribution < -0.4 is 0 Å². The molecule has 29 heavy (non-hydrogen) atoms. The van der Waals surface area contributed by atoms with Gasteiger partial charge in [0.25, 0.3) is 0 Å². The smallest absolute Gasteiger partial charge is 0.223 e. The van der Waals surface area contributed by atoms with Gasteiger partial charge >= 0.3 is 0 Å². The molecule has 2 aromatic heterocycles. The number of fused-ring (bicyclic) bond motifs is 2. The molecule has 2 aromatic carbocycles. The number of aryl methyl sites for hydroxylation is 2. The molecule has 0 atom stereocenters. The molecule has 0 radical (unpaired) electrons. The second-order valence-electron chi connectivity index (χ2n) is 7.55. The van der Waals surface area contributed by atoms with E-state index in [1.165, 1.54) is 5.39 Å².